The van der Waals surface area contributed by atoms with Gasteiger partial charge in [-0.15, -0.1) is 0 Å². The second-order valence-electron chi connectivity index (χ2n) is 1.53. The largest absolute Gasteiger partial charge is 0.513 e. The Morgan fingerprint density at radius 3 is 2.90 bits per heavy atom. The molecule has 0 aromatic heterocycles. The fraction of sp³-hybridized carbons (Fsp3) is 0.500. The maximum atomic E-state index is 10.4. The molecule has 0 spiro atoms. The van der Waals surface area contributed by atoms with Gasteiger partial charge < -0.3 is 15.2 Å². The van der Waals surface area contributed by atoms with Crippen molar-refractivity contribution < 1.29 is 14.3 Å². The van der Waals surface area contributed by atoms with Crippen LogP contribution in [0.2, 0.25) is 0 Å². The van der Waals surface area contributed by atoms with E-state index < -0.39 is 6.16 Å². The van der Waals surface area contributed by atoms with Crippen molar-refractivity contribution in [3.05, 3.63) is 12.8 Å². The van der Waals surface area contributed by atoms with Crippen molar-refractivity contribution in [2.75, 3.05) is 13.2 Å². The molecule has 0 radical (unpaired) electrons. The van der Waals surface area contributed by atoms with Crippen LogP contribution in [0.3, 0.4) is 0 Å². The van der Waals surface area contributed by atoms with Crippen molar-refractivity contribution in [1.82, 2.24) is 0 Å². The van der Waals surface area contributed by atoms with E-state index >= 15 is 0 Å². The molecule has 4 nitrogen and oxygen atoms in total. The number of hydrogen-bond donors (Lipinski definition) is 1. The van der Waals surface area contributed by atoms with E-state index in [1.807, 2.05) is 0 Å². The van der Waals surface area contributed by atoms with Crippen LogP contribution >= 0.6 is 0 Å². The molecule has 0 saturated carbocycles. The van der Waals surface area contributed by atoms with E-state index in [1.165, 1.54) is 0 Å². The first-order chi connectivity index (χ1) is 4.81. The number of rotatable bonds is 4. The molecule has 0 unspecified atom stereocenters. The maximum absolute atomic E-state index is 10.4. The van der Waals surface area contributed by atoms with E-state index in [1.54, 1.807) is 0 Å². The Morgan fingerprint density at radius 2 is 2.40 bits per heavy atom. The maximum Gasteiger partial charge on any atom is 0.513 e. The SMILES string of the molecule is C=COC(=O)OCCCN. The molecule has 4 heteroatoms. The highest BCUT2D eigenvalue weighted by atomic mass is 16.7. The van der Waals surface area contributed by atoms with Gasteiger partial charge in [-0.25, -0.2) is 4.79 Å². The average molecular weight is 145 g/mol. The molecular formula is C6H11NO3. The molecule has 0 aliphatic carbocycles. The number of carbonyl (C=O) groups excluding carboxylic acids is 1. The Hall–Kier alpha value is -1.03. The lowest BCUT2D eigenvalue weighted by molar-refractivity contribution is 0.0845. The second kappa shape index (κ2) is 6.10. The van der Waals surface area contributed by atoms with E-state index in [0.29, 0.717) is 19.6 Å². The summed E-state index contributed by atoms with van der Waals surface area (Å²) >= 11 is 0. The molecule has 0 aliphatic heterocycles. The normalized spacial score (nSPS) is 8.50. The summed E-state index contributed by atoms with van der Waals surface area (Å²) in [6.07, 6.45) is 0.931. The minimum absolute atomic E-state index is 0.295. The summed E-state index contributed by atoms with van der Waals surface area (Å²) in [6.45, 7) is 3.98. The van der Waals surface area contributed by atoms with E-state index in [2.05, 4.69) is 16.1 Å². The van der Waals surface area contributed by atoms with Gasteiger partial charge >= 0.3 is 6.16 Å². The number of hydrogen-bond acceptors (Lipinski definition) is 4. The van der Waals surface area contributed by atoms with Gasteiger partial charge in [0.15, 0.2) is 0 Å². The predicted molar refractivity (Wildman–Crippen MR) is 36.3 cm³/mol. The Balaban J connectivity index is 3.13. The lowest BCUT2D eigenvalue weighted by atomic mass is 10.5. The Labute approximate surface area is 59.6 Å². The minimum atomic E-state index is -0.733. The summed E-state index contributed by atoms with van der Waals surface area (Å²) in [7, 11) is 0. The van der Waals surface area contributed by atoms with Crippen LogP contribution in [0.25, 0.3) is 0 Å². The van der Waals surface area contributed by atoms with Crippen LogP contribution in [0, 0.1) is 0 Å². The monoisotopic (exact) mass is 145 g/mol. The van der Waals surface area contributed by atoms with E-state index in [0.717, 1.165) is 6.26 Å². The first-order valence-corrected chi connectivity index (χ1v) is 2.95. The fourth-order valence-electron chi connectivity index (χ4n) is 0.341. The van der Waals surface area contributed by atoms with Gasteiger partial charge in [-0.2, -0.15) is 0 Å². The van der Waals surface area contributed by atoms with Crippen LogP contribution in [0.4, 0.5) is 4.79 Å². The third-order valence-corrected chi connectivity index (χ3v) is 0.748. The van der Waals surface area contributed by atoms with E-state index in [-0.39, 0.29) is 0 Å². The molecule has 2 N–H and O–H groups in total. The smallest absolute Gasteiger partial charge is 0.434 e. The summed E-state index contributed by atoms with van der Waals surface area (Å²) in [6, 6.07) is 0. The zero-order chi connectivity index (χ0) is 7.82. The van der Waals surface area contributed by atoms with Gasteiger partial charge in [0.25, 0.3) is 0 Å². The molecule has 0 aromatic rings. The standard InChI is InChI=1S/C6H11NO3/c1-2-9-6(8)10-5-3-4-7/h2H,1,3-5,7H2. The average Bonchev–Trinajstić information content (AvgIpc) is 1.89. The summed E-state index contributed by atoms with van der Waals surface area (Å²) < 4.78 is 8.76. The fourth-order valence-corrected chi connectivity index (χ4v) is 0.341. The highest BCUT2D eigenvalue weighted by Gasteiger charge is 1.98. The van der Waals surface area contributed by atoms with Crippen LogP contribution < -0.4 is 5.73 Å². The summed E-state index contributed by atoms with van der Waals surface area (Å²) in [4.78, 5) is 10.4. The van der Waals surface area contributed by atoms with Crippen molar-refractivity contribution >= 4 is 6.16 Å². The van der Waals surface area contributed by atoms with Gasteiger partial charge in [-0.05, 0) is 13.0 Å². The Kier molecular flexibility index (Phi) is 5.47. The molecular weight excluding hydrogens is 134 g/mol. The lowest BCUT2D eigenvalue weighted by Crippen LogP contribution is -2.09. The van der Waals surface area contributed by atoms with Crippen molar-refractivity contribution in [3.63, 3.8) is 0 Å². The van der Waals surface area contributed by atoms with E-state index in [4.69, 9.17) is 5.73 Å². The lowest BCUT2D eigenvalue weighted by Gasteiger charge is -1.99. The molecule has 0 aliphatic rings. The Morgan fingerprint density at radius 1 is 1.70 bits per heavy atom. The molecule has 0 rings (SSSR count). The van der Waals surface area contributed by atoms with Crippen molar-refractivity contribution in [3.8, 4) is 0 Å². The molecule has 58 valence electrons. The molecule has 0 atom stereocenters. The van der Waals surface area contributed by atoms with Gasteiger partial charge in [0.1, 0.15) is 0 Å². The van der Waals surface area contributed by atoms with Crippen LogP contribution in [0.1, 0.15) is 6.42 Å². The van der Waals surface area contributed by atoms with Gasteiger partial charge in [-0.3, -0.25) is 0 Å². The molecule has 0 aromatic carbocycles. The number of ether oxygens (including phenoxy) is 2. The van der Waals surface area contributed by atoms with Crippen LogP contribution in [-0.2, 0) is 9.47 Å². The van der Waals surface area contributed by atoms with Crippen molar-refractivity contribution in [2.24, 2.45) is 5.73 Å². The molecule has 0 fully saturated rings. The molecule has 10 heavy (non-hydrogen) atoms. The van der Waals surface area contributed by atoms with E-state index in [9.17, 15) is 4.79 Å². The van der Waals surface area contributed by atoms with Crippen LogP contribution in [0.5, 0.6) is 0 Å². The Bertz CT molecular complexity index is 114. The molecule has 0 bridgehead atoms. The quantitative estimate of drug-likeness (QED) is 0.358. The van der Waals surface area contributed by atoms with Crippen molar-refractivity contribution in [2.45, 2.75) is 6.42 Å². The van der Waals surface area contributed by atoms with Gasteiger partial charge in [0.2, 0.25) is 0 Å². The first kappa shape index (κ1) is 8.97. The highest BCUT2D eigenvalue weighted by Crippen LogP contribution is 1.86. The third kappa shape index (κ3) is 5.11. The zero-order valence-electron chi connectivity index (χ0n) is 5.71. The second-order valence-corrected chi connectivity index (χ2v) is 1.53. The van der Waals surface area contributed by atoms with Crippen LogP contribution in [0.15, 0.2) is 12.8 Å². The topological polar surface area (TPSA) is 61.5 Å². The summed E-state index contributed by atoms with van der Waals surface area (Å²) in [5.74, 6) is 0. The molecule has 0 amide bonds. The predicted octanol–water partition coefficient (Wildman–Crippen LogP) is 0.632. The molecule has 0 heterocycles. The molecule has 0 saturated heterocycles. The van der Waals surface area contributed by atoms with Gasteiger partial charge in [0.05, 0.1) is 12.9 Å². The number of carbonyl (C=O) groups is 1. The van der Waals surface area contributed by atoms with Crippen molar-refractivity contribution in [1.29, 1.82) is 0 Å². The summed E-state index contributed by atoms with van der Waals surface area (Å²) in [5.41, 5.74) is 5.14. The first-order valence-electron chi connectivity index (χ1n) is 2.95. The zero-order valence-corrected chi connectivity index (χ0v) is 5.71. The number of nitrogens with two attached hydrogens (primary N) is 1. The highest BCUT2D eigenvalue weighted by molar-refractivity contribution is 5.60. The summed E-state index contributed by atoms with van der Waals surface area (Å²) in [5, 5.41) is 0. The van der Waals surface area contributed by atoms with Gasteiger partial charge in [0, 0.05) is 0 Å². The third-order valence-electron chi connectivity index (χ3n) is 0.748. The minimum Gasteiger partial charge on any atom is -0.434 e. The van der Waals surface area contributed by atoms with Crippen LogP contribution in [-0.4, -0.2) is 19.3 Å². The van der Waals surface area contributed by atoms with Gasteiger partial charge in [-0.1, -0.05) is 6.58 Å².